The van der Waals surface area contributed by atoms with Crippen LogP contribution in [0, 0.1) is 5.41 Å². The van der Waals surface area contributed by atoms with E-state index in [0.29, 0.717) is 51.2 Å². The highest BCUT2D eigenvalue weighted by Crippen LogP contribution is 2.40. The molecule has 1 spiro atoms. The minimum absolute atomic E-state index is 0.00878. The van der Waals surface area contributed by atoms with E-state index in [4.69, 9.17) is 4.74 Å². The zero-order chi connectivity index (χ0) is 25.4. The third kappa shape index (κ3) is 5.63. The number of ether oxygens (including phenoxy) is 1. The molecule has 188 valence electrons. The molecule has 0 radical (unpaired) electrons. The fourth-order valence-electron chi connectivity index (χ4n) is 4.01. The highest BCUT2D eigenvalue weighted by Gasteiger charge is 2.44. The summed E-state index contributed by atoms with van der Waals surface area (Å²) >= 11 is 0. The number of halogens is 6. The molecule has 2 saturated heterocycles. The topological polar surface area (TPSA) is 89.3 Å². The maximum atomic E-state index is 13.1. The SMILES string of the molecule is O=C(/C=C\n1cnc(-c2cc(C(F)(F)F)cc(C(F)(F)F)c2)n1)NN1CC2(CCOCC2)CC1=O. The molecule has 2 aliphatic heterocycles. The number of rotatable bonds is 4. The number of carbonyl (C=O) groups is 2. The summed E-state index contributed by atoms with van der Waals surface area (Å²) in [5, 5.41) is 5.05. The Hall–Kier alpha value is -3.42. The van der Waals surface area contributed by atoms with Crippen LogP contribution in [0.1, 0.15) is 30.4 Å². The highest BCUT2D eigenvalue weighted by atomic mass is 19.4. The van der Waals surface area contributed by atoms with Crippen molar-refractivity contribution in [3.05, 3.63) is 41.7 Å². The van der Waals surface area contributed by atoms with Crippen molar-refractivity contribution in [2.75, 3.05) is 19.8 Å². The summed E-state index contributed by atoms with van der Waals surface area (Å²) in [6.45, 7) is 1.43. The van der Waals surface area contributed by atoms with E-state index in [-0.39, 0.29) is 17.4 Å². The number of hydrogen-bond acceptors (Lipinski definition) is 5. The Morgan fingerprint density at radius 3 is 2.29 bits per heavy atom. The van der Waals surface area contributed by atoms with Crippen molar-refractivity contribution >= 4 is 18.0 Å². The van der Waals surface area contributed by atoms with Gasteiger partial charge in [-0.05, 0) is 31.0 Å². The van der Waals surface area contributed by atoms with Crippen LogP contribution in [0.4, 0.5) is 26.3 Å². The quantitative estimate of drug-likeness (QED) is 0.510. The molecule has 2 aromatic rings. The first-order valence-corrected chi connectivity index (χ1v) is 10.4. The van der Waals surface area contributed by atoms with Crippen LogP contribution in [0.2, 0.25) is 0 Å². The molecular formula is C21H19F6N5O3. The molecule has 2 aliphatic rings. The standard InChI is InChI=1S/C21H19F6N5O3/c22-20(23,24)14-7-13(8-15(9-14)21(25,26)27)18-28-12-31(30-18)4-1-16(33)29-32-11-19(10-17(32)34)2-5-35-6-3-19/h1,4,7-9,12H,2-3,5-6,10-11H2,(H,29,33)/b4-1-. The summed E-state index contributed by atoms with van der Waals surface area (Å²) in [6.07, 6.45) is -5.18. The van der Waals surface area contributed by atoms with E-state index in [2.05, 4.69) is 15.5 Å². The Morgan fingerprint density at radius 1 is 1.06 bits per heavy atom. The summed E-state index contributed by atoms with van der Waals surface area (Å²) < 4.78 is 84.7. The van der Waals surface area contributed by atoms with Gasteiger partial charge in [-0.3, -0.25) is 20.0 Å². The predicted molar refractivity (Wildman–Crippen MR) is 108 cm³/mol. The Morgan fingerprint density at radius 2 is 1.69 bits per heavy atom. The van der Waals surface area contributed by atoms with Crippen molar-refractivity contribution < 1.29 is 40.7 Å². The van der Waals surface area contributed by atoms with E-state index in [1.54, 1.807) is 0 Å². The van der Waals surface area contributed by atoms with Crippen LogP contribution in [0.5, 0.6) is 0 Å². The van der Waals surface area contributed by atoms with Crippen LogP contribution in [0.15, 0.2) is 30.6 Å². The average Bonchev–Trinajstić information content (AvgIpc) is 3.36. The van der Waals surface area contributed by atoms with Crippen LogP contribution in [0.3, 0.4) is 0 Å². The van der Waals surface area contributed by atoms with Crippen LogP contribution in [-0.4, -0.2) is 51.3 Å². The number of alkyl halides is 6. The molecule has 0 saturated carbocycles. The first-order valence-electron chi connectivity index (χ1n) is 10.4. The number of amides is 2. The molecule has 1 aromatic heterocycles. The van der Waals surface area contributed by atoms with Crippen molar-refractivity contribution in [1.29, 1.82) is 0 Å². The first kappa shape index (κ1) is 24.7. The van der Waals surface area contributed by atoms with E-state index in [1.807, 2.05) is 0 Å². The van der Waals surface area contributed by atoms with Crippen LogP contribution in [0.25, 0.3) is 17.6 Å². The molecule has 1 N–H and O–H groups in total. The number of carbonyl (C=O) groups excluding carboxylic acids is 2. The Balaban J connectivity index is 1.46. The fourth-order valence-corrected chi connectivity index (χ4v) is 4.01. The lowest BCUT2D eigenvalue weighted by molar-refractivity contribution is -0.143. The van der Waals surface area contributed by atoms with Gasteiger partial charge in [-0.15, -0.1) is 5.10 Å². The van der Waals surface area contributed by atoms with Crippen molar-refractivity contribution in [3.63, 3.8) is 0 Å². The van der Waals surface area contributed by atoms with Gasteiger partial charge in [0.25, 0.3) is 5.91 Å². The zero-order valence-electron chi connectivity index (χ0n) is 18.0. The monoisotopic (exact) mass is 503 g/mol. The largest absolute Gasteiger partial charge is 0.416 e. The molecule has 0 bridgehead atoms. The minimum atomic E-state index is -5.01. The van der Waals surface area contributed by atoms with Gasteiger partial charge in [0.2, 0.25) is 5.91 Å². The number of nitrogens with one attached hydrogen (secondary N) is 1. The average molecular weight is 503 g/mol. The molecule has 0 unspecified atom stereocenters. The van der Waals surface area contributed by atoms with Gasteiger partial charge in [0.05, 0.1) is 11.1 Å². The summed E-state index contributed by atoms with van der Waals surface area (Å²) in [6, 6.07) is 1.03. The van der Waals surface area contributed by atoms with Gasteiger partial charge in [0.1, 0.15) is 6.33 Å². The molecule has 2 fully saturated rings. The Bertz CT molecular complexity index is 1120. The number of benzene rings is 1. The maximum absolute atomic E-state index is 13.1. The summed E-state index contributed by atoms with van der Waals surface area (Å²) in [5.41, 5.74) is -1.26. The van der Waals surface area contributed by atoms with Crippen molar-refractivity contribution in [3.8, 4) is 11.4 Å². The number of hydrazine groups is 1. The van der Waals surface area contributed by atoms with Gasteiger partial charge in [0, 0.05) is 49.4 Å². The van der Waals surface area contributed by atoms with E-state index < -0.39 is 40.8 Å². The summed E-state index contributed by atoms with van der Waals surface area (Å²) in [4.78, 5) is 28.3. The van der Waals surface area contributed by atoms with Gasteiger partial charge >= 0.3 is 12.4 Å². The third-order valence-corrected chi connectivity index (χ3v) is 5.85. The second kappa shape index (κ2) is 8.98. The lowest BCUT2D eigenvalue weighted by Gasteiger charge is -2.32. The highest BCUT2D eigenvalue weighted by molar-refractivity contribution is 5.92. The number of aromatic nitrogens is 3. The zero-order valence-corrected chi connectivity index (χ0v) is 18.0. The molecule has 3 heterocycles. The van der Waals surface area contributed by atoms with Crippen LogP contribution in [-0.2, 0) is 26.7 Å². The normalized spacial score (nSPS) is 18.6. The summed E-state index contributed by atoms with van der Waals surface area (Å²) in [5.74, 6) is -1.30. The molecule has 35 heavy (non-hydrogen) atoms. The molecular weight excluding hydrogens is 484 g/mol. The third-order valence-electron chi connectivity index (χ3n) is 5.85. The van der Waals surface area contributed by atoms with Gasteiger partial charge in [-0.25, -0.2) is 9.67 Å². The number of hydrogen-bond donors (Lipinski definition) is 1. The van der Waals surface area contributed by atoms with Crippen molar-refractivity contribution in [1.82, 2.24) is 25.2 Å². The first-order chi connectivity index (χ1) is 16.3. The van der Waals surface area contributed by atoms with Crippen molar-refractivity contribution in [2.45, 2.75) is 31.6 Å². The molecule has 0 atom stereocenters. The molecule has 8 nitrogen and oxygen atoms in total. The lowest BCUT2D eigenvalue weighted by atomic mass is 9.79. The van der Waals surface area contributed by atoms with E-state index in [9.17, 15) is 35.9 Å². The van der Waals surface area contributed by atoms with E-state index in [0.717, 1.165) is 23.3 Å². The molecule has 0 aliphatic carbocycles. The van der Waals surface area contributed by atoms with Gasteiger partial charge in [0.15, 0.2) is 5.82 Å². The smallest absolute Gasteiger partial charge is 0.381 e. The Labute approximate surface area is 194 Å². The number of nitrogens with zero attached hydrogens (tertiary/aromatic N) is 4. The van der Waals surface area contributed by atoms with Gasteiger partial charge < -0.3 is 4.74 Å². The molecule has 1 aromatic carbocycles. The van der Waals surface area contributed by atoms with Crippen LogP contribution >= 0.6 is 0 Å². The van der Waals surface area contributed by atoms with E-state index in [1.165, 1.54) is 5.01 Å². The van der Waals surface area contributed by atoms with Gasteiger partial charge in [-0.2, -0.15) is 26.3 Å². The second-order valence-corrected chi connectivity index (χ2v) is 8.40. The second-order valence-electron chi connectivity index (χ2n) is 8.40. The molecule has 14 heteroatoms. The predicted octanol–water partition coefficient (Wildman–Crippen LogP) is 3.51. The Kier molecular flexibility index (Phi) is 6.34. The van der Waals surface area contributed by atoms with E-state index >= 15 is 0 Å². The summed E-state index contributed by atoms with van der Waals surface area (Å²) in [7, 11) is 0. The lowest BCUT2D eigenvalue weighted by Crippen LogP contribution is -2.44. The van der Waals surface area contributed by atoms with Crippen molar-refractivity contribution in [2.24, 2.45) is 5.41 Å². The molecule has 2 amide bonds. The van der Waals surface area contributed by atoms with Crippen LogP contribution < -0.4 is 5.43 Å². The molecule has 4 rings (SSSR count). The fraction of sp³-hybridized carbons (Fsp3) is 0.429. The van der Waals surface area contributed by atoms with Gasteiger partial charge in [-0.1, -0.05) is 0 Å². The minimum Gasteiger partial charge on any atom is -0.381 e. The maximum Gasteiger partial charge on any atom is 0.416 e.